The molecule has 0 saturated carbocycles. The molecule has 0 aromatic rings. The van der Waals surface area contributed by atoms with Crippen LogP contribution < -0.4 is 0 Å². The van der Waals surface area contributed by atoms with Gasteiger partial charge < -0.3 is 6.92 Å². The van der Waals surface area contributed by atoms with Crippen molar-refractivity contribution in [2.24, 2.45) is 0 Å². The van der Waals surface area contributed by atoms with Crippen molar-refractivity contribution in [2.75, 3.05) is 0 Å². The Morgan fingerprint density at radius 3 is 1.75 bits per heavy atom. The first kappa shape index (κ1) is 8.83. The van der Waals surface area contributed by atoms with Crippen LogP contribution in [0.15, 0.2) is 0 Å². The molecule has 0 heterocycles. The molecule has 0 aromatic heterocycles. The molecule has 0 aliphatic heterocycles. The molecule has 0 aliphatic rings. The molecule has 0 N–H and O–H groups in total. The summed E-state index contributed by atoms with van der Waals surface area (Å²) in [6.45, 7) is 5.50. The molecule has 0 aromatic carbocycles. The minimum atomic E-state index is 0. The monoisotopic (exact) mass is 240 g/mol. The van der Waals surface area contributed by atoms with Crippen molar-refractivity contribution in [2.45, 2.75) is 13.3 Å². The molecule has 30 valence electrons. The average molecular weight is 240 g/mol. The molecule has 0 aliphatic carbocycles. The van der Waals surface area contributed by atoms with Crippen molar-refractivity contribution >= 4 is 0 Å². The molecule has 0 bridgehead atoms. The van der Waals surface area contributed by atoms with Crippen LogP contribution in [0.1, 0.15) is 13.3 Å². The summed E-state index contributed by atoms with van der Waals surface area (Å²) in [5.41, 5.74) is 0. The summed E-state index contributed by atoms with van der Waals surface area (Å²) >= 11 is 0. The van der Waals surface area contributed by atoms with Gasteiger partial charge >= 0.3 is 22.4 Å². The van der Waals surface area contributed by atoms with Crippen molar-refractivity contribution < 1.29 is 22.4 Å². The molecule has 0 saturated heterocycles. The first-order chi connectivity index (χ1) is 1.41. The Morgan fingerprint density at radius 2 is 1.75 bits per heavy atom. The van der Waals surface area contributed by atoms with Gasteiger partial charge in [0.1, 0.15) is 0 Å². The second kappa shape index (κ2) is 9.27. The van der Waals surface area contributed by atoms with Gasteiger partial charge in [0, 0.05) is 0 Å². The fraction of sp³-hybridized carbons (Fsp3) is 0.667. The molecule has 0 atom stereocenters. The predicted octanol–water partition coefficient (Wildman–Crippen LogP) is 1.23. The van der Waals surface area contributed by atoms with E-state index in [2.05, 4.69) is 6.92 Å². The van der Waals surface area contributed by atoms with Crippen LogP contribution in [0.5, 0.6) is 0 Å². The third kappa shape index (κ3) is 15.1. The smallest absolute Gasteiger partial charge is 0.344 e. The van der Waals surface area contributed by atoms with Gasteiger partial charge in [-0.25, -0.2) is 0 Å². The standard InChI is InChI=1S/C3H7.Au/c1-3-2;/h1,3H2,2H3;/q-1;+1. The normalized spacial score (nSPS) is 4.50. The Kier molecular flexibility index (Phi) is 20.5. The van der Waals surface area contributed by atoms with Crippen molar-refractivity contribution in [1.29, 1.82) is 0 Å². The van der Waals surface area contributed by atoms with Crippen molar-refractivity contribution in [3.63, 3.8) is 0 Å². The maximum Gasteiger partial charge on any atom is 1.00 e. The molecule has 0 amide bonds. The number of rotatable bonds is 0. The molecule has 0 radical (unpaired) electrons. The quantitative estimate of drug-likeness (QED) is 0.441. The van der Waals surface area contributed by atoms with Crippen molar-refractivity contribution in [3.8, 4) is 0 Å². The topological polar surface area (TPSA) is 0 Å². The fourth-order valence-electron chi connectivity index (χ4n) is 0. The largest absolute Gasteiger partial charge is 1.00 e. The molecule has 0 nitrogen and oxygen atoms in total. The zero-order chi connectivity index (χ0) is 2.71. The molecule has 1 heteroatoms. The van der Waals surface area contributed by atoms with E-state index in [0.717, 1.165) is 6.42 Å². The van der Waals surface area contributed by atoms with Gasteiger partial charge in [-0.15, -0.1) is 0 Å². The molecular weight excluding hydrogens is 233 g/mol. The second-order valence-corrected chi connectivity index (χ2v) is 0.500. The summed E-state index contributed by atoms with van der Waals surface area (Å²) in [7, 11) is 0. The summed E-state index contributed by atoms with van der Waals surface area (Å²) in [6.07, 6.45) is 1.00. The van der Waals surface area contributed by atoms with Gasteiger partial charge in [0.05, 0.1) is 0 Å². The van der Waals surface area contributed by atoms with E-state index in [-0.39, 0.29) is 22.4 Å². The first-order valence-corrected chi connectivity index (χ1v) is 1.21. The SMILES string of the molecule is [Au+].[CH2-]CC. The first-order valence-electron chi connectivity index (χ1n) is 1.21. The van der Waals surface area contributed by atoms with Gasteiger partial charge in [0.25, 0.3) is 0 Å². The Labute approximate surface area is 43.1 Å². The predicted molar refractivity (Wildman–Crippen MR) is 15.6 cm³/mol. The Morgan fingerprint density at radius 1 is 1.75 bits per heavy atom. The zero-order valence-electron chi connectivity index (χ0n) is 2.72. The van der Waals surface area contributed by atoms with E-state index in [0.29, 0.717) is 0 Å². The van der Waals surface area contributed by atoms with Crippen LogP contribution in [-0.4, -0.2) is 0 Å². The third-order valence-corrected chi connectivity index (χ3v) is 0. The summed E-state index contributed by atoms with van der Waals surface area (Å²) in [4.78, 5) is 0. The van der Waals surface area contributed by atoms with Crippen molar-refractivity contribution in [3.05, 3.63) is 6.92 Å². The summed E-state index contributed by atoms with van der Waals surface area (Å²) < 4.78 is 0. The van der Waals surface area contributed by atoms with E-state index in [9.17, 15) is 0 Å². The van der Waals surface area contributed by atoms with Gasteiger partial charge in [-0.3, -0.25) is 0 Å². The number of hydrogen-bond donors (Lipinski definition) is 0. The van der Waals surface area contributed by atoms with Crippen LogP contribution in [0.25, 0.3) is 0 Å². The Balaban J connectivity index is 0. The molecular formula is C3H7Au. The van der Waals surface area contributed by atoms with Gasteiger partial charge in [-0.05, 0) is 0 Å². The van der Waals surface area contributed by atoms with Gasteiger partial charge in [0.15, 0.2) is 0 Å². The van der Waals surface area contributed by atoms with Gasteiger partial charge in [0.2, 0.25) is 0 Å². The van der Waals surface area contributed by atoms with E-state index in [1.165, 1.54) is 0 Å². The molecule has 0 spiro atoms. The van der Waals surface area contributed by atoms with Crippen LogP contribution in [0.3, 0.4) is 0 Å². The molecule has 4 heavy (non-hydrogen) atoms. The fourth-order valence-corrected chi connectivity index (χ4v) is 0. The van der Waals surface area contributed by atoms with Crippen LogP contribution in [-0.2, 0) is 22.4 Å². The van der Waals surface area contributed by atoms with Crippen LogP contribution in [0.4, 0.5) is 0 Å². The van der Waals surface area contributed by atoms with Crippen LogP contribution >= 0.6 is 0 Å². The van der Waals surface area contributed by atoms with E-state index >= 15 is 0 Å². The summed E-state index contributed by atoms with van der Waals surface area (Å²) in [5.74, 6) is 0. The van der Waals surface area contributed by atoms with Crippen molar-refractivity contribution in [1.82, 2.24) is 0 Å². The van der Waals surface area contributed by atoms with Gasteiger partial charge in [-0.2, -0.15) is 6.42 Å². The van der Waals surface area contributed by atoms with E-state index in [1.54, 1.807) is 0 Å². The van der Waals surface area contributed by atoms with Crippen LogP contribution in [0.2, 0.25) is 0 Å². The molecule has 0 rings (SSSR count). The Bertz CT molecular complexity index is 3.25. The minimum Gasteiger partial charge on any atom is -0.344 e. The minimum absolute atomic E-state index is 0. The van der Waals surface area contributed by atoms with E-state index < -0.39 is 0 Å². The molecule has 0 fully saturated rings. The maximum atomic E-state index is 3.49. The number of hydrogen-bond acceptors (Lipinski definition) is 0. The van der Waals surface area contributed by atoms with Crippen LogP contribution in [0, 0.1) is 6.92 Å². The summed E-state index contributed by atoms with van der Waals surface area (Å²) in [5, 5.41) is 0. The molecule has 0 unspecified atom stereocenters. The van der Waals surface area contributed by atoms with E-state index in [4.69, 9.17) is 0 Å². The average Bonchev–Trinajstić information content (AvgIpc) is 0.918. The van der Waals surface area contributed by atoms with Gasteiger partial charge in [-0.1, -0.05) is 6.92 Å². The summed E-state index contributed by atoms with van der Waals surface area (Å²) in [6, 6.07) is 0. The van der Waals surface area contributed by atoms with E-state index in [1.807, 2.05) is 6.92 Å². The third-order valence-electron chi connectivity index (χ3n) is 0. The second-order valence-electron chi connectivity index (χ2n) is 0.500. The Hall–Kier alpha value is 0.740. The maximum absolute atomic E-state index is 3.49. The zero-order valence-corrected chi connectivity index (χ0v) is 4.88.